The van der Waals surface area contributed by atoms with Gasteiger partial charge in [-0.1, -0.05) is 18.2 Å². The van der Waals surface area contributed by atoms with Crippen LogP contribution in [-0.2, 0) is 10.0 Å². The van der Waals surface area contributed by atoms with Crippen molar-refractivity contribution in [3.05, 3.63) is 29.8 Å². The van der Waals surface area contributed by atoms with Crippen molar-refractivity contribution >= 4 is 10.0 Å². The van der Waals surface area contributed by atoms with Crippen LogP contribution in [0, 0.1) is 6.92 Å². The lowest BCUT2D eigenvalue weighted by molar-refractivity contribution is 0.595. The summed E-state index contributed by atoms with van der Waals surface area (Å²) in [6.07, 6.45) is 0. The summed E-state index contributed by atoms with van der Waals surface area (Å²) in [7, 11) is -3.78. The van der Waals surface area contributed by atoms with Gasteiger partial charge in [0.15, 0.2) is 0 Å². The van der Waals surface area contributed by atoms with Crippen molar-refractivity contribution in [2.45, 2.75) is 11.8 Å². The molecule has 0 fully saturated rings. The third kappa shape index (κ3) is 1.78. The van der Waals surface area contributed by atoms with E-state index in [2.05, 4.69) is 0 Å². The maximum absolute atomic E-state index is 10.7. The molecule has 0 unspecified atom stereocenters. The standard InChI is InChI=1S/C7H8NO2S/c1-6-4-2-3-5-7(6)11(8,9)10/h2-5,8H,1H3. The molecule has 0 heterocycles. The van der Waals surface area contributed by atoms with E-state index in [9.17, 15) is 8.42 Å². The summed E-state index contributed by atoms with van der Waals surface area (Å²) in [4.78, 5) is 0.0833. The van der Waals surface area contributed by atoms with Gasteiger partial charge in [-0.2, -0.15) is 0 Å². The highest BCUT2D eigenvalue weighted by molar-refractivity contribution is 7.88. The topological polar surface area (TPSA) is 57.9 Å². The zero-order valence-electron chi connectivity index (χ0n) is 6.03. The summed E-state index contributed by atoms with van der Waals surface area (Å²) in [6.45, 7) is 1.67. The van der Waals surface area contributed by atoms with Crippen molar-refractivity contribution in [3.8, 4) is 0 Å². The van der Waals surface area contributed by atoms with Crippen LogP contribution in [0.2, 0.25) is 0 Å². The van der Waals surface area contributed by atoms with Crippen molar-refractivity contribution in [2.75, 3.05) is 0 Å². The Morgan fingerprint density at radius 1 is 1.27 bits per heavy atom. The molecule has 0 amide bonds. The number of hydrogen-bond donors (Lipinski definition) is 0. The van der Waals surface area contributed by atoms with Gasteiger partial charge in [0.2, 0.25) is 0 Å². The van der Waals surface area contributed by atoms with Gasteiger partial charge in [0.05, 0.1) is 4.90 Å². The monoisotopic (exact) mass is 170 g/mol. The normalized spacial score (nSPS) is 11.5. The summed E-state index contributed by atoms with van der Waals surface area (Å²) < 4.78 is 21.4. The van der Waals surface area contributed by atoms with Gasteiger partial charge in [0.25, 0.3) is 10.0 Å². The number of aryl methyl sites for hydroxylation is 1. The highest BCUT2D eigenvalue weighted by atomic mass is 32.2. The Hall–Kier alpha value is -0.870. The molecule has 0 aliphatic heterocycles. The number of benzene rings is 1. The first kappa shape index (κ1) is 8.23. The van der Waals surface area contributed by atoms with Gasteiger partial charge >= 0.3 is 0 Å². The van der Waals surface area contributed by atoms with Gasteiger partial charge in [-0.3, -0.25) is 0 Å². The van der Waals surface area contributed by atoms with E-state index in [4.69, 9.17) is 5.14 Å². The van der Waals surface area contributed by atoms with E-state index in [-0.39, 0.29) is 4.90 Å². The fourth-order valence-corrected chi connectivity index (χ4v) is 1.61. The Labute approximate surface area is 65.9 Å². The third-order valence-electron chi connectivity index (χ3n) is 1.38. The van der Waals surface area contributed by atoms with Crippen LogP contribution in [0.3, 0.4) is 0 Å². The predicted octanol–water partition coefficient (Wildman–Crippen LogP) is 0.967. The molecule has 1 radical (unpaired) electrons. The van der Waals surface area contributed by atoms with E-state index in [1.54, 1.807) is 25.1 Å². The molecule has 1 aromatic carbocycles. The van der Waals surface area contributed by atoms with Crippen molar-refractivity contribution in [1.82, 2.24) is 5.14 Å². The lowest BCUT2D eigenvalue weighted by Crippen LogP contribution is -2.02. The molecule has 11 heavy (non-hydrogen) atoms. The van der Waals surface area contributed by atoms with E-state index in [0.29, 0.717) is 5.56 Å². The second-order valence-electron chi connectivity index (χ2n) is 2.27. The molecular weight excluding hydrogens is 162 g/mol. The molecule has 0 aliphatic rings. The van der Waals surface area contributed by atoms with E-state index in [1.807, 2.05) is 0 Å². The summed E-state index contributed by atoms with van der Waals surface area (Å²) in [6, 6.07) is 6.44. The average molecular weight is 170 g/mol. The average Bonchev–Trinajstić information content (AvgIpc) is 1.86. The Kier molecular flexibility index (Phi) is 1.97. The van der Waals surface area contributed by atoms with Crippen molar-refractivity contribution < 1.29 is 8.42 Å². The molecule has 0 bridgehead atoms. The maximum Gasteiger partial charge on any atom is 0.254 e. The predicted molar refractivity (Wildman–Crippen MR) is 41.5 cm³/mol. The molecule has 3 nitrogen and oxygen atoms in total. The molecule has 1 rings (SSSR count). The Morgan fingerprint density at radius 2 is 1.82 bits per heavy atom. The Bertz CT molecular complexity index is 356. The van der Waals surface area contributed by atoms with Crippen LogP contribution in [0.15, 0.2) is 29.2 Å². The van der Waals surface area contributed by atoms with E-state index in [0.717, 1.165) is 0 Å². The summed E-state index contributed by atoms with van der Waals surface area (Å²) in [5.41, 5.74) is 0.613. The molecule has 0 aliphatic carbocycles. The molecule has 0 atom stereocenters. The molecule has 4 heteroatoms. The van der Waals surface area contributed by atoms with Crippen LogP contribution in [0.1, 0.15) is 5.56 Å². The highest BCUT2D eigenvalue weighted by Crippen LogP contribution is 2.11. The fraction of sp³-hybridized carbons (Fsp3) is 0.143. The Balaban J connectivity index is 3.37. The van der Waals surface area contributed by atoms with Gasteiger partial charge in [-0.15, -0.1) is 5.14 Å². The first-order chi connectivity index (χ1) is 5.02. The Morgan fingerprint density at radius 3 is 2.18 bits per heavy atom. The van der Waals surface area contributed by atoms with Gasteiger partial charge in [0.1, 0.15) is 0 Å². The van der Waals surface area contributed by atoms with E-state index in [1.165, 1.54) is 6.07 Å². The second-order valence-corrected chi connectivity index (χ2v) is 3.72. The molecule has 1 N–H and O–H groups in total. The number of rotatable bonds is 1. The van der Waals surface area contributed by atoms with Crippen LogP contribution >= 0.6 is 0 Å². The van der Waals surface area contributed by atoms with Crippen molar-refractivity contribution in [2.24, 2.45) is 0 Å². The fourth-order valence-electron chi connectivity index (χ4n) is 0.858. The first-order valence-corrected chi connectivity index (χ1v) is 4.55. The van der Waals surface area contributed by atoms with Crippen LogP contribution in [0.25, 0.3) is 0 Å². The lowest BCUT2D eigenvalue weighted by Gasteiger charge is -1.99. The highest BCUT2D eigenvalue weighted by Gasteiger charge is 2.09. The maximum atomic E-state index is 10.7. The zero-order chi connectivity index (χ0) is 8.48. The van der Waals surface area contributed by atoms with Gasteiger partial charge in [-0.25, -0.2) is 8.42 Å². The third-order valence-corrected chi connectivity index (χ3v) is 2.42. The van der Waals surface area contributed by atoms with Gasteiger partial charge < -0.3 is 0 Å². The number of hydrogen-bond acceptors (Lipinski definition) is 2. The molecule has 0 saturated carbocycles. The molecule has 0 saturated heterocycles. The van der Waals surface area contributed by atoms with E-state index >= 15 is 0 Å². The summed E-state index contributed by atoms with van der Waals surface area (Å²) in [5.74, 6) is 0. The van der Waals surface area contributed by atoms with Crippen molar-refractivity contribution in [1.29, 1.82) is 0 Å². The molecular formula is C7H8NO2S. The smallest absolute Gasteiger partial charge is 0.206 e. The molecule has 1 aromatic rings. The minimum Gasteiger partial charge on any atom is -0.206 e. The van der Waals surface area contributed by atoms with Crippen LogP contribution < -0.4 is 5.14 Å². The summed E-state index contributed by atoms with van der Waals surface area (Å²) >= 11 is 0. The SMILES string of the molecule is Cc1ccccc1S([NH])(=O)=O. The van der Waals surface area contributed by atoms with Crippen molar-refractivity contribution in [3.63, 3.8) is 0 Å². The lowest BCUT2D eigenvalue weighted by atomic mass is 10.2. The summed E-state index contributed by atoms with van der Waals surface area (Å²) in [5, 5.41) is 6.79. The largest absolute Gasteiger partial charge is 0.254 e. The quantitative estimate of drug-likeness (QED) is 0.630. The zero-order valence-corrected chi connectivity index (χ0v) is 6.85. The van der Waals surface area contributed by atoms with Crippen LogP contribution in [-0.4, -0.2) is 8.42 Å². The second kappa shape index (κ2) is 2.64. The van der Waals surface area contributed by atoms with E-state index < -0.39 is 10.0 Å². The minimum absolute atomic E-state index is 0.0833. The molecule has 0 spiro atoms. The van der Waals surface area contributed by atoms with Gasteiger partial charge in [0, 0.05) is 0 Å². The molecule has 59 valence electrons. The molecule has 0 aromatic heterocycles. The number of nitrogens with one attached hydrogen (secondary N) is 1. The minimum atomic E-state index is -3.78. The first-order valence-electron chi connectivity index (χ1n) is 3.07. The van der Waals surface area contributed by atoms with Gasteiger partial charge in [-0.05, 0) is 18.6 Å². The number of sulfonamides is 1. The van der Waals surface area contributed by atoms with Crippen LogP contribution in [0.4, 0.5) is 0 Å². The van der Waals surface area contributed by atoms with Crippen LogP contribution in [0.5, 0.6) is 0 Å².